The SMILES string of the molecule is Cc1ccc(C)c(C(=O)CN(C)C2CCCCC2C)c1. The molecule has 0 radical (unpaired) electrons. The number of carbonyl (C=O) groups excluding carboxylic acids is 1. The molecule has 110 valence electrons. The first-order valence-corrected chi connectivity index (χ1v) is 7.79. The molecule has 2 rings (SSSR count). The first-order chi connectivity index (χ1) is 9.49. The molecule has 20 heavy (non-hydrogen) atoms. The Morgan fingerprint density at radius 2 is 1.95 bits per heavy atom. The van der Waals surface area contributed by atoms with Gasteiger partial charge in [0.15, 0.2) is 5.78 Å². The summed E-state index contributed by atoms with van der Waals surface area (Å²) < 4.78 is 0. The number of aryl methyl sites for hydroxylation is 2. The van der Waals surface area contributed by atoms with Crippen LogP contribution >= 0.6 is 0 Å². The number of rotatable bonds is 4. The maximum absolute atomic E-state index is 12.5. The highest BCUT2D eigenvalue weighted by Crippen LogP contribution is 2.27. The van der Waals surface area contributed by atoms with E-state index in [9.17, 15) is 4.79 Å². The molecule has 2 heteroatoms. The van der Waals surface area contributed by atoms with Gasteiger partial charge >= 0.3 is 0 Å². The molecular formula is C18H27NO. The molecule has 0 bridgehead atoms. The first kappa shape index (κ1) is 15.2. The maximum atomic E-state index is 12.5. The van der Waals surface area contributed by atoms with Gasteiger partial charge in [-0.1, -0.05) is 37.5 Å². The van der Waals surface area contributed by atoms with E-state index in [1.807, 2.05) is 26.0 Å². The lowest BCUT2D eigenvalue weighted by molar-refractivity contribution is 0.0850. The van der Waals surface area contributed by atoms with Gasteiger partial charge in [0, 0.05) is 11.6 Å². The van der Waals surface area contributed by atoms with Crippen LogP contribution in [0.1, 0.15) is 54.1 Å². The Morgan fingerprint density at radius 1 is 1.25 bits per heavy atom. The Morgan fingerprint density at radius 3 is 2.65 bits per heavy atom. The molecule has 1 aromatic carbocycles. The minimum atomic E-state index is 0.256. The van der Waals surface area contributed by atoms with Crippen molar-refractivity contribution in [2.75, 3.05) is 13.6 Å². The lowest BCUT2D eigenvalue weighted by Crippen LogP contribution is -2.41. The molecule has 2 atom stereocenters. The molecule has 1 aliphatic rings. The fourth-order valence-electron chi connectivity index (χ4n) is 3.42. The second-order valence-electron chi connectivity index (χ2n) is 6.49. The summed E-state index contributed by atoms with van der Waals surface area (Å²) >= 11 is 0. The fraction of sp³-hybridized carbons (Fsp3) is 0.611. The molecule has 2 nitrogen and oxygen atoms in total. The van der Waals surface area contributed by atoms with Gasteiger partial charge in [0.25, 0.3) is 0 Å². The molecule has 1 aliphatic carbocycles. The Kier molecular flexibility index (Phi) is 4.98. The molecule has 0 aliphatic heterocycles. The monoisotopic (exact) mass is 273 g/mol. The summed E-state index contributed by atoms with van der Waals surface area (Å²) in [7, 11) is 2.11. The van der Waals surface area contributed by atoms with Crippen molar-refractivity contribution in [1.82, 2.24) is 4.90 Å². The van der Waals surface area contributed by atoms with E-state index in [1.54, 1.807) is 0 Å². The van der Waals surface area contributed by atoms with Crippen LogP contribution in [0.5, 0.6) is 0 Å². The molecule has 0 saturated heterocycles. The lowest BCUT2D eigenvalue weighted by Gasteiger charge is -2.36. The largest absolute Gasteiger partial charge is 0.296 e. The number of carbonyl (C=O) groups is 1. The predicted octanol–water partition coefficient (Wildman–Crippen LogP) is 4.00. The number of hydrogen-bond donors (Lipinski definition) is 0. The number of Topliss-reactive ketones (excluding diaryl/α,β-unsaturated/α-hetero) is 1. The third kappa shape index (κ3) is 3.49. The molecule has 0 N–H and O–H groups in total. The third-order valence-electron chi connectivity index (χ3n) is 4.72. The van der Waals surface area contributed by atoms with E-state index in [0.29, 0.717) is 18.5 Å². The molecular weight excluding hydrogens is 246 g/mol. The van der Waals surface area contributed by atoms with Crippen LogP contribution in [0.25, 0.3) is 0 Å². The maximum Gasteiger partial charge on any atom is 0.177 e. The highest BCUT2D eigenvalue weighted by molar-refractivity contribution is 5.99. The average Bonchev–Trinajstić information content (AvgIpc) is 2.41. The minimum absolute atomic E-state index is 0.256. The number of ketones is 1. The van der Waals surface area contributed by atoms with E-state index < -0.39 is 0 Å². The molecule has 0 heterocycles. The predicted molar refractivity (Wildman–Crippen MR) is 84.3 cm³/mol. The van der Waals surface area contributed by atoms with E-state index in [1.165, 1.54) is 25.7 Å². The zero-order valence-electron chi connectivity index (χ0n) is 13.3. The van der Waals surface area contributed by atoms with Gasteiger partial charge in [-0.2, -0.15) is 0 Å². The van der Waals surface area contributed by atoms with E-state index >= 15 is 0 Å². The van der Waals surface area contributed by atoms with Crippen LogP contribution in [0.3, 0.4) is 0 Å². The minimum Gasteiger partial charge on any atom is -0.296 e. The second-order valence-corrected chi connectivity index (χ2v) is 6.49. The van der Waals surface area contributed by atoms with Crippen molar-refractivity contribution in [3.63, 3.8) is 0 Å². The van der Waals surface area contributed by atoms with Crippen molar-refractivity contribution in [2.45, 2.75) is 52.5 Å². The van der Waals surface area contributed by atoms with Crippen molar-refractivity contribution in [3.8, 4) is 0 Å². The Hall–Kier alpha value is -1.15. The zero-order valence-corrected chi connectivity index (χ0v) is 13.3. The summed E-state index contributed by atoms with van der Waals surface area (Å²) in [5, 5.41) is 0. The number of nitrogens with zero attached hydrogens (tertiary/aromatic N) is 1. The Bertz CT molecular complexity index is 480. The lowest BCUT2D eigenvalue weighted by atomic mass is 9.85. The summed E-state index contributed by atoms with van der Waals surface area (Å²) in [4.78, 5) is 14.8. The number of benzene rings is 1. The third-order valence-corrected chi connectivity index (χ3v) is 4.72. The molecule has 0 aromatic heterocycles. The van der Waals surface area contributed by atoms with Crippen LogP contribution < -0.4 is 0 Å². The van der Waals surface area contributed by atoms with E-state index in [0.717, 1.165) is 16.7 Å². The van der Waals surface area contributed by atoms with E-state index in [2.05, 4.69) is 24.9 Å². The Labute approximate surface area is 123 Å². The van der Waals surface area contributed by atoms with Gasteiger partial charge in [-0.15, -0.1) is 0 Å². The molecule has 0 spiro atoms. The van der Waals surface area contributed by atoms with Crippen LogP contribution in [0.15, 0.2) is 18.2 Å². The summed E-state index contributed by atoms with van der Waals surface area (Å²) in [6.07, 6.45) is 5.18. The van der Waals surface area contributed by atoms with Crippen LogP contribution in [-0.2, 0) is 0 Å². The number of hydrogen-bond acceptors (Lipinski definition) is 2. The standard InChI is InChI=1S/C18H27NO/c1-13-9-10-14(2)16(11-13)18(20)12-19(4)17-8-6-5-7-15(17)3/h9-11,15,17H,5-8,12H2,1-4H3. The van der Waals surface area contributed by atoms with Gasteiger partial charge in [0.05, 0.1) is 6.54 Å². The van der Waals surface area contributed by atoms with Crippen LogP contribution in [0, 0.1) is 19.8 Å². The molecule has 1 aromatic rings. The highest BCUT2D eigenvalue weighted by atomic mass is 16.1. The summed E-state index contributed by atoms with van der Waals surface area (Å²) in [5.74, 6) is 0.964. The van der Waals surface area contributed by atoms with Crippen molar-refractivity contribution < 1.29 is 4.79 Å². The summed E-state index contributed by atoms with van der Waals surface area (Å²) in [6, 6.07) is 6.71. The van der Waals surface area contributed by atoms with Gasteiger partial charge in [-0.25, -0.2) is 0 Å². The molecule has 0 amide bonds. The van der Waals surface area contributed by atoms with Crippen LogP contribution in [0.4, 0.5) is 0 Å². The first-order valence-electron chi connectivity index (χ1n) is 7.79. The van der Waals surface area contributed by atoms with Crippen LogP contribution in [0.2, 0.25) is 0 Å². The normalized spacial score (nSPS) is 23.1. The van der Waals surface area contributed by atoms with Crippen LogP contribution in [-0.4, -0.2) is 30.3 Å². The van der Waals surface area contributed by atoms with Gasteiger partial charge < -0.3 is 0 Å². The zero-order chi connectivity index (χ0) is 14.7. The van der Waals surface area contributed by atoms with Crippen molar-refractivity contribution >= 4 is 5.78 Å². The van der Waals surface area contributed by atoms with Gasteiger partial charge in [-0.3, -0.25) is 9.69 Å². The quantitative estimate of drug-likeness (QED) is 0.773. The molecule has 1 saturated carbocycles. The smallest absolute Gasteiger partial charge is 0.177 e. The van der Waals surface area contributed by atoms with Gasteiger partial charge in [0.1, 0.15) is 0 Å². The molecule has 1 fully saturated rings. The second kappa shape index (κ2) is 6.53. The fourth-order valence-corrected chi connectivity index (χ4v) is 3.42. The number of likely N-dealkylation sites (N-methyl/N-ethyl adjacent to an activating group) is 1. The van der Waals surface area contributed by atoms with Gasteiger partial charge in [0.2, 0.25) is 0 Å². The van der Waals surface area contributed by atoms with Crippen molar-refractivity contribution in [3.05, 3.63) is 34.9 Å². The summed E-state index contributed by atoms with van der Waals surface area (Å²) in [6.45, 7) is 6.93. The molecule has 2 unspecified atom stereocenters. The Balaban J connectivity index is 2.05. The summed E-state index contributed by atoms with van der Waals surface area (Å²) in [5.41, 5.74) is 3.14. The van der Waals surface area contributed by atoms with Crippen molar-refractivity contribution in [2.24, 2.45) is 5.92 Å². The van der Waals surface area contributed by atoms with E-state index in [4.69, 9.17) is 0 Å². The highest BCUT2D eigenvalue weighted by Gasteiger charge is 2.26. The van der Waals surface area contributed by atoms with E-state index in [-0.39, 0.29) is 5.78 Å². The topological polar surface area (TPSA) is 20.3 Å². The average molecular weight is 273 g/mol. The van der Waals surface area contributed by atoms with Gasteiger partial charge in [-0.05, 0) is 51.3 Å². The van der Waals surface area contributed by atoms with Crippen molar-refractivity contribution in [1.29, 1.82) is 0 Å².